The van der Waals surface area contributed by atoms with Crippen LogP contribution in [0.5, 0.6) is 11.5 Å². The van der Waals surface area contributed by atoms with E-state index in [2.05, 4.69) is 27.6 Å². The number of thioether (sulfide) groups is 1. The van der Waals surface area contributed by atoms with Crippen LogP contribution >= 0.6 is 34.4 Å². The van der Waals surface area contributed by atoms with Gasteiger partial charge < -0.3 is 14.2 Å². The highest BCUT2D eigenvalue weighted by atomic mass is 127. The molecule has 0 aliphatic carbocycles. The fraction of sp³-hybridized carbons (Fsp3) is 0.227. The van der Waals surface area contributed by atoms with Crippen LogP contribution < -0.4 is 9.47 Å². The van der Waals surface area contributed by atoms with Gasteiger partial charge in [-0.1, -0.05) is 0 Å². The van der Waals surface area contributed by atoms with Gasteiger partial charge in [-0.3, -0.25) is 9.69 Å². The van der Waals surface area contributed by atoms with Crippen molar-refractivity contribution in [3.8, 4) is 11.5 Å². The summed E-state index contributed by atoms with van der Waals surface area (Å²) in [5.74, 6) is 0.752. The second kappa shape index (κ2) is 10.2. The number of amides is 1. The highest BCUT2D eigenvalue weighted by Crippen LogP contribution is 2.37. The summed E-state index contributed by atoms with van der Waals surface area (Å²) in [6.07, 6.45) is 1.81. The lowest BCUT2D eigenvalue weighted by molar-refractivity contribution is -0.121. The van der Waals surface area contributed by atoms with Gasteiger partial charge >= 0.3 is 5.97 Å². The molecule has 1 fully saturated rings. The first-order valence-corrected chi connectivity index (χ1v) is 11.2. The minimum atomic E-state index is -0.410. The predicted octanol–water partition coefficient (Wildman–Crippen LogP) is 4.72. The van der Waals surface area contributed by atoms with Gasteiger partial charge in [0, 0.05) is 7.05 Å². The fourth-order valence-electron chi connectivity index (χ4n) is 2.81. The van der Waals surface area contributed by atoms with Crippen molar-refractivity contribution < 1.29 is 23.8 Å². The lowest BCUT2D eigenvalue weighted by Gasteiger charge is -2.12. The van der Waals surface area contributed by atoms with E-state index in [4.69, 9.17) is 14.2 Å². The molecule has 1 amide bonds. The van der Waals surface area contributed by atoms with Crippen LogP contribution in [0.4, 0.5) is 5.69 Å². The summed E-state index contributed by atoms with van der Waals surface area (Å²) in [7, 11) is 4.60. The first-order valence-electron chi connectivity index (χ1n) is 9.33. The maximum atomic E-state index is 12.7. The van der Waals surface area contributed by atoms with E-state index in [0.29, 0.717) is 39.4 Å². The summed E-state index contributed by atoms with van der Waals surface area (Å²) < 4.78 is 16.7. The number of ether oxygens (including phenoxy) is 3. The summed E-state index contributed by atoms with van der Waals surface area (Å²) in [4.78, 5) is 30.9. The largest absolute Gasteiger partial charge is 0.493 e. The van der Waals surface area contributed by atoms with Crippen molar-refractivity contribution in [3.63, 3.8) is 0 Å². The molecule has 0 atom stereocenters. The molecule has 0 radical (unpaired) electrons. The van der Waals surface area contributed by atoms with Crippen LogP contribution in [0.25, 0.3) is 6.08 Å². The number of amidine groups is 1. The minimum Gasteiger partial charge on any atom is -0.493 e. The molecule has 1 heterocycles. The van der Waals surface area contributed by atoms with Crippen molar-refractivity contribution in [3.05, 3.63) is 56.0 Å². The lowest BCUT2D eigenvalue weighted by Crippen LogP contribution is -2.23. The number of carbonyl (C=O) groups is 2. The van der Waals surface area contributed by atoms with Gasteiger partial charge in [-0.25, -0.2) is 9.79 Å². The Morgan fingerprint density at radius 3 is 2.55 bits per heavy atom. The summed E-state index contributed by atoms with van der Waals surface area (Å²) in [6, 6.07) is 10.5. The van der Waals surface area contributed by atoms with E-state index in [9.17, 15) is 9.59 Å². The SMILES string of the molecule is CCOc1c(I)cc(/C=C2\SC(=Nc3ccc(C(=O)OC)cc3)N(C)C2=O)cc1OC. The van der Waals surface area contributed by atoms with Crippen LogP contribution in [0.1, 0.15) is 22.8 Å². The highest BCUT2D eigenvalue weighted by molar-refractivity contribution is 14.1. The van der Waals surface area contributed by atoms with Crippen molar-refractivity contribution in [2.45, 2.75) is 6.92 Å². The zero-order valence-corrected chi connectivity index (χ0v) is 20.4. The average molecular weight is 552 g/mol. The van der Waals surface area contributed by atoms with Gasteiger partial charge in [-0.15, -0.1) is 0 Å². The van der Waals surface area contributed by atoms with Crippen molar-refractivity contribution in [1.82, 2.24) is 4.90 Å². The maximum absolute atomic E-state index is 12.7. The molecule has 0 N–H and O–H groups in total. The van der Waals surface area contributed by atoms with Crippen molar-refractivity contribution >= 4 is 63.2 Å². The Bertz CT molecular complexity index is 1070. The number of benzene rings is 2. The van der Waals surface area contributed by atoms with E-state index in [1.165, 1.54) is 23.8 Å². The van der Waals surface area contributed by atoms with E-state index in [1.807, 2.05) is 25.1 Å². The molecule has 1 aliphatic rings. The molecule has 0 bridgehead atoms. The van der Waals surface area contributed by atoms with E-state index in [-0.39, 0.29) is 5.91 Å². The maximum Gasteiger partial charge on any atom is 0.337 e. The van der Waals surface area contributed by atoms with Gasteiger partial charge in [0.25, 0.3) is 5.91 Å². The molecule has 0 saturated carbocycles. The van der Waals surface area contributed by atoms with Gasteiger partial charge in [-0.2, -0.15) is 0 Å². The zero-order valence-electron chi connectivity index (χ0n) is 17.5. The van der Waals surface area contributed by atoms with E-state index < -0.39 is 5.97 Å². The second-order valence-corrected chi connectivity index (χ2v) is 8.55. The Hall–Kier alpha value is -2.53. The molecule has 2 aromatic rings. The number of esters is 1. The first kappa shape index (κ1) is 23.1. The number of halogens is 1. The van der Waals surface area contributed by atoms with Crippen LogP contribution in [0, 0.1) is 3.57 Å². The van der Waals surface area contributed by atoms with Crippen molar-refractivity contribution in [2.24, 2.45) is 4.99 Å². The van der Waals surface area contributed by atoms with Gasteiger partial charge in [0.05, 0.1) is 40.6 Å². The summed E-state index contributed by atoms with van der Waals surface area (Å²) in [6.45, 7) is 2.45. The summed E-state index contributed by atoms with van der Waals surface area (Å²) >= 11 is 3.48. The van der Waals surface area contributed by atoms with Gasteiger partial charge in [0.15, 0.2) is 16.7 Å². The van der Waals surface area contributed by atoms with Gasteiger partial charge in [-0.05, 0) is 89.3 Å². The number of hydrogen-bond acceptors (Lipinski definition) is 7. The molecule has 31 heavy (non-hydrogen) atoms. The van der Waals surface area contributed by atoms with E-state index in [0.717, 1.165) is 9.13 Å². The number of likely N-dealkylation sites (N-methyl/N-ethyl adjacent to an activating group) is 1. The predicted molar refractivity (Wildman–Crippen MR) is 130 cm³/mol. The standard InChI is InChI=1S/C22H21IN2O5S/c1-5-30-19-16(23)10-13(11-17(19)28-3)12-18-20(26)25(2)22(31-18)24-15-8-6-14(7-9-15)21(27)29-4/h6-12H,5H2,1-4H3/b18-12-,24-22?. The molecule has 0 spiro atoms. The Balaban J connectivity index is 1.87. The Labute approximate surface area is 198 Å². The average Bonchev–Trinajstić information content (AvgIpc) is 3.03. The molecule has 2 aromatic carbocycles. The fourth-order valence-corrected chi connectivity index (χ4v) is 4.58. The summed E-state index contributed by atoms with van der Waals surface area (Å²) in [5, 5.41) is 0.551. The topological polar surface area (TPSA) is 77.4 Å². The molecule has 1 aliphatic heterocycles. The Morgan fingerprint density at radius 2 is 1.94 bits per heavy atom. The third-order valence-corrected chi connectivity index (χ3v) is 6.22. The normalized spacial score (nSPS) is 16.2. The Kier molecular flexibility index (Phi) is 7.60. The van der Waals surface area contributed by atoms with E-state index >= 15 is 0 Å². The number of rotatable bonds is 6. The molecular weight excluding hydrogens is 531 g/mol. The molecule has 0 unspecified atom stereocenters. The van der Waals surface area contributed by atoms with Crippen LogP contribution in [0.2, 0.25) is 0 Å². The molecule has 1 saturated heterocycles. The van der Waals surface area contributed by atoms with Crippen molar-refractivity contribution in [2.75, 3.05) is 27.9 Å². The molecular formula is C22H21IN2O5S. The highest BCUT2D eigenvalue weighted by Gasteiger charge is 2.30. The van der Waals surface area contributed by atoms with Gasteiger partial charge in [0.1, 0.15) is 0 Å². The number of hydrogen-bond donors (Lipinski definition) is 0. The third-order valence-electron chi connectivity index (χ3n) is 4.35. The monoisotopic (exact) mass is 552 g/mol. The first-order chi connectivity index (χ1) is 14.9. The second-order valence-electron chi connectivity index (χ2n) is 6.37. The number of aliphatic imine (C=N–C) groups is 1. The third kappa shape index (κ3) is 5.21. The number of carbonyl (C=O) groups excluding carboxylic acids is 2. The molecule has 9 heteroatoms. The smallest absolute Gasteiger partial charge is 0.337 e. The van der Waals surface area contributed by atoms with Gasteiger partial charge in [0.2, 0.25) is 0 Å². The van der Waals surface area contributed by atoms with Crippen LogP contribution in [0.15, 0.2) is 46.3 Å². The van der Waals surface area contributed by atoms with Crippen LogP contribution in [0.3, 0.4) is 0 Å². The van der Waals surface area contributed by atoms with E-state index in [1.54, 1.807) is 38.4 Å². The number of methoxy groups -OCH3 is 2. The molecule has 7 nitrogen and oxygen atoms in total. The minimum absolute atomic E-state index is 0.141. The summed E-state index contributed by atoms with van der Waals surface area (Å²) in [5.41, 5.74) is 1.90. The molecule has 3 rings (SSSR count). The van der Waals surface area contributed by atoms with Crippen molar-refractivity contribution in [1.29, 1.82) is 0 Å². The number of nitrogens with zero attached hydrogens (tertiary/aromatic N) is 2. The Morgan fingerprint density at radius 1 is 1.23 bits per heavy atom. The van der Waals surface area contributed by atoms with Crippen LogP contribution in [-0.2, 0) is 9.53 Å². The lowest BCUT2D eigenvalue weighted by atomic mass is 10.2. The zero-order chi connectivity index (χ0) is 22.5. The van der Waals surface area contributed by atoms with Crippen LogP contribution in [-0.4, -0.2) is 49.8 Å². The molecule has 162 valence electrons. The quantitative estimate of drug-likeness (QED) is 0.294. The molecule has 0 aromatic heterocycles.